The van der Waals surface area contributed by atoms with Gasteiger partial charge in [-0.05, 0) is 41.7 Å². The Morgan fingerprint density at radius 1 is 1.45 bits per heavy atom. The number of fused-ring (bicyclic) bond motifs is 1. The largest absolute Gasteiger partial charge is 0.493 e. The number of hydrogen-bond donors (Lipinski definition) is 1. The third kappa shape index (κ3) is 3.14. The number of halogens is 1. The molecule has 1 aromatic rings. The van der Waals surface area contributed by atoms with E-state index in [1.165, 1.54) is 11.1 Å². The third-order valence-corrected chi connectivity index (χ3v) is 5.76. The van der Waals surface area contributed by atoms with Gasteiger partial charge in [-0.1, -0.05) is 15.9 Å². The summed E-state index contributed by atoms with van der Waals surface area (Å²) in [5, 5.41) is 8.93. The second-order valence-corrected chi connectivity index (χ2v) is 7.62. The van der Waals surface area contributed by atoms with Gasteiger partial charge in [0.15, 0.2) is 0 Å². The first-order valence-electron chi connectivity index (χ1n) is 6.82. The molecule has 1 saturated carbocycles. The minimum absolute atomic E-state index is 0.0620. The molecule has 108 valence electrons. The van der Waals surface area contributed by atoms with E-state index < -0.39 is 5.97 Å². The molecule has 2 aliphatic rings. The van der Waals surface area contributed by atoms with Crippen molar-refractivity contribution < 1.29 is 14.6 Å². The van der Waals surface area contributed by atoms with Crippen LogP contribution in [-0.4, -0.2) is 23.4 Å². The lowest BCUT2D eigenvalue weighted by Crippen LogP contribution is -2.11. The summed E-state index contributed by atoms with van der Waals surface area (Å²) in [7, 11) is 0. The lowest BCUT2D eigenvalue weighted by atomic mass is 10.1. The molecule has 3 rings (SSSR count). The molecule has 3 nitrogen and oxygen atoms in total. The first kappa shape index (κ1) is 14.3. The van der Waals surface area contributed by atoms with E-state index in [9.17, 15) is 4.79 Å². The van der Waals surface area contributed by atoms with Crippen molar-refractivity contribution in [1.82, 2.24) is 0 Å². The van der Waals surface area contributed by atoms with E-state index in [4.69, 9.17) is 9.84 Å². The molecule has 1 aromatic carbocycles. The summed E-state index contributed by atoms with van der Waals surface area (Å²) in [5.74, 6) is 2.20. The molecule has 5 heteroatoms. The fraction of sp³-hybridized carbons (Fsp3) is 0.533. The quantitative estimate of drug-likeness (QED) is 0.840. The molecule has 0 atom stereocenters. The first-order valence-corrected chi connectivity index (χ1v) is 8.76. The number of benzene rings is 1. The monoisotopic (exact) mass is 356 g/mol. The van der Waals surface area contributed by atoms with Crippen molar-refractivity contribution in [2.45, 2.75) is 31.4 Å². The lowest BCUT2D eigenvalue weighted by molar-refractivity contribution is -0.138. The van der Waals surface area contributed by atoms with Gasteiger partial charge in [0.2, 0.25) is 0 Å². The highest BCUT2D eigenvalue weighted by Crippen LogP contribution is 2.51. The molecule has 0 aromatic heterocycles. The molecule has 1 N–H and O–H groups in total. The standard InChI is InChI=1S/C15H17BrO3S/c16-12-5-10-1-4-19-14(10)11(6-12)8-20-9-15(2-3-15)7-13(17)18/h5-6H,1-4,7-9H2,(H,17,18). The van der Waals surface area contributed by atoms with Gasteiger partial charge in [0.1, 0.15) is 5.75 Å². The van der Waals surface area contributed by atoms with Crippen LogP contribution in [0.15, 0.2) is 16.6 Å². The van der Waals surface area contributed by atoms with Crippen LogP contribution < -0.4 is 4.74 Å². The maximum absolute atomic E-state index is 10.9. The highest BCUT2D eigenvalue weighted by molar-refractivity contribution is 9.10. The van der Waals surface area contributed by atoms with Crippen molar-refractivity contribution in [2.24, 2.45) is 5.41 Å². The predicted octanol–water partition coefficient (Wildman–Crippen LogP) is 3.87. The number of rotatable bonds is 6. The smallest absolute Gasteiger partial charge is 0.303 e. The number of ether oxygens (including phenoxy) is 1. The van der Waals surface area contributed by atoms with Crippen molar-refractivity contribution in [3.05, 3.63) is 27.7 Å². The fourth-order valence-electron chi connectivity index (χ4n) is 2.70. The van der Waals surface area contributed by atoms with Gasteiger partial charge in [-0.3, -0.25) is 4.79 Å². The van der Waals surface area contributed by atoms with Gasteiger partial charge >= 0.3 is 5.97 Å². The first-order chi connectivity index (χ1) is 9.58. The van der Waals surface area contributed by atoms with Crippen LogP contribution in [0, 0.1) is 5.41 Å². The van der Waals surface area contributed by atoms with Crippen LogP contribution in [0.25, 0.3) is 0 Å². The topological polar surface area (TPSA) is 46.5 Å². The minimum Gasteiger partial charge on any atom is -0.493 e. The van der Waals surface area contributed by atoms with Crippen LogP contribution in [0.3, 0.4) is 0 Å². The van der Waals surface area contributed by atoms with Gasteiger partial charge in [-0.2, -0.15) is 11.8 Å². The lowest BCUT2D eigenvalue weighted by Gasteiger charge is -2.13. The number of thioether (sulfide) groups is 1. The Morgan fingerprint density at radius 3 is 2.95 bits per heavy atom. The van der Waals surface area contributed by atoms with Gasteiger partial charge < -0.3 is 9.84 Å². The maximum atomic E-state index is 10.9. The number of aliphatic carboxylic acids is 1. The zero-order valence-electron chi connectivity index (χ0n) is 11.2. The third-order valence-electron chi connectivity index (χ3n) is 3.97. The second kappa shape index (κ2) is 5.60. The van der Waals surface area contributed by atoms with Gasteiger partial charge in [0, 0.05) is 22.2 Å². The Bertz CT molecular complexity index is 540. The van der Waals surface area contributed by atoms with E-state index in [0.29, 0.717) is 6.42 Å². The van der Waals surface area contributed by atoms with Gasteiger partial charge in [0.25, 0.3) is 0 Å². The molecular weight excluding hydrogens is 340 g/mol. The van der Waals surface area contributed by atoms with E-state index in [2.05, 4.69) is 28.1 Å². The molecular formula is C15H17BrO3S. The Hall–Kier alpha value is -0.680. The number of carbonyl (C=O) groups is 1. The molecule has 1 heterocycles. The van der Waals surface area contributed by atoms with Crippen molar-refractivity contribution in [3.63, 3.8) is 0 Å². The van der Waals surface area contributed by atoms with Crippen LogP contribution >= 0.6 is 27.7 Å². The summed E-state index contributed by atoms with van der Waals surface area (Å²) in [5.41, 5.74) is 2.57. The van der Waals surface area contributed by atoms with Crippen molar-refractivity contribution >= 4 is 33.7 Å². The molecule has 0 amide bonds. The highest BCUT2D eigenvalue weighted by atomic mass is 79.9. The van der Waals surface area contributed by atoms with E-state index in [0.717, 1.165) is 47.6 Å². The molecule has 0 unspecified atom stereocenters. The Morgan fingerprint density at radius 2 is 2.25 bits per heavy atom. The second-order valence-electron chi connectivity index (χ2n) is 5.71. The summed E-state index contributed by atoms with van der Waals surface area (Å²) in [6.45, 7) is 0.770. The number of carboxylic acid groups (broad SMARTS) is 1. The molecule has 20 heavy (non-hydrogen) atoms. The van der Waals surface area contributed by atoms with E-state index >= 15 is 0 Å². The van der Waals surface area contributed by atoms with Gasteiger partial charge in [-0.15, -0.1) is 0 Å². The summed E-state index contributed by atoms with van der Waals surface area (Å²) >= 11 is 5.38. The van der Waals surface area contributed by atoms with Crippen molar-refractivity contribution in [2.75, 3.05) is 12.4 Å². The van der Waals surface area contributed by atoms with E-state index in [1.54, 1.807) is 0 Å². The fourth-order valence-corrected chi connectivity index (χ4v) is 4.61. The van der Waals surface area contributed by atoms with E-state index in [1.807, 2.05) is 11.8 Å². The van der Waals surface area contributed by atoms with Crippen LogP contribution in [0.4, 0.5) is 0 Å². The Kier molecular flexibility index (Phi) is 4.00. The summed E-state index contributed by atoms with van der Waals surface area (Å²) < 4.78 is 6.82. The molecule has 1 aliphatic carbocycles. The molecule has 0 spiro atoms. The molecule has 1 fully saturated rings. The van der Waals surface area contributed by atoms with Gasteiger partial charge in [0.05, 0.1) is 13.0 Å². The van der Waals surface area contributed by atoms with Crippen LogP contribution in [-0.2, 0) is 17.0 Å². The number of hydrogen-bond acceptors (Lipinski definition) is 3. The van der Waals surface area contributed by atoms with Crippen LogP contribution in [0.1, 0.15) is 30.4 Å². The Balaban J connectivity index is 1.61. The van der Waals surface area contributed by atoms with Gasteiger partial charge in [-0.25, -0.2) is 0 Å². The summed E-state index contributed by atoms with van der Waals surface area (Å²) in [6.07, 6.45) is 3.40. The summed E-state index contributed by atoms with van der Waals surface area (Å²) in [4.78, 5) is 10.9. The average molecular weight is 357 g/mol. The van der Waals surface area contributed by atoms with Crippen molar-refractivity contribution in [1.29, 1.82) is 0 Å². The minimum atomic E-state index is -0.671. The predicted molar refractivity (Wildman–Crippen MR) is 83.4 cm³/mol. The highest BCUT2D eigenvalue weighted by Gasteiger charge is 2.44. The van der Waals surface area contributed by atoms with Crippen LogP contribution in [0.2, 0.25) is 0 Å². The molecule has 0 radical (unpaired) electrons. The zero-order chi connectivity index (χ0) is 14.2. The SMILES string of the molecule is O=C(O)CC1(CSCc2cc(Br)cc3c2OCC3)CC1. The molecule has 0 saturated heterocycles. The molecule has 1 aliphatic heterocycles. The van der Waals surface area contributed by atoms with Crippen LogP contribution in [0.5, 0.6) is 5.75 Å². The van der Waals surface area contributed by atoms with Crippen molar-refractivity contribution in [3.8, 4) is 5.75 Å². The average Bonchev–Trinajstić information content (AvgIpc) is 2.95. The zero-order valence-corrected chi connectivity index (χ0v) is 13.6. The normalized spacial score (nSPS) is 18.4. The molecule has 0 bridgehead atoms. The Labute approximate surface area is 131 Å². The maximum Gasteiger partial charge on any atom is 0.303 e. The summed E-state index contributed by atoms with van der Waals surface area (Å²) in [6, 6.07) is 4.25. The van der Waals surface area contributed by atoms with E-state index in [-0.39, 0.29) is 5.41 Å². The number of carboxylic acids is 1.